The molecule has 1 aliphatic rings. The van der Waals surface area contributed by atoms with Crippen LogP contribution in [0.25, 0.3) is 0 Å². The first-order chi connectivity index (χ1) is 9.10. The summed E-state index contributed by atoms with van der Waals surface area (Å²) in [6.45, 7) is 1.89. The molecule has 0 N–H and O–H groups in total. The lowest BCUT2D eigenvalue weighted by atomic mass is 10.1. The van der Waals surface area contributed by atoms with Crippen molar-refractivity contribution in [3.8, 4) is 0 Å². The van der Waals surface area contributed by atoms with Crippen LogP contribution in [0.2, 0.25) is 5.02 Å². The first-order valence-electron chi connectivity index (χ1n) is 5.96. The zero-order chi connectivity index (χ0) is 13.8. The Labute approximate surface area is 116 Å². The number of methoxy groups -OCH3 is 1. The summed E-state index contributed by atoms with van der Waals surface area (Å²) in [5.74, 6) is -0.741. The van der Waals surface area contributed by atoms with E-state index in [2.05, 4.69) is 4.74 Å². The van der Waals surface area contributed by atoms with Crippen LogP contribution in [-0.2, 0) is 20.8 Å². The van der Waals surface area contributed by atoms with E-state index < -0.39 is 12.1 Å². The van der Waals surface area contributed by atoms with Gasteiger partial charge in [0.25, 0.3) is 0 Å². The van der Waals surface area contributed by atoms with E-state index in [1.165, 1.54) is 13.2 Å². The molecule has 4 nitrogen and oxygen atoms in total. The second-order valence-electron chi connectivity index (χ2n) is 4.35. The third-order valence-corrected chi connectivity index (χ3v) is 3.26. The van der Waals surface area contributed by atoms with E-state index in [1.807, 2.05) is 4.90 Å². The van der Waals surface area contributed by atoms with Crippen molar-refractivity contribution in [1.82, 2.24) is 4.90 Å². The van der Waals surface area contributed by atoms with Crippen LogP contribution in [-0.4, -0.2) is 43.8 Å². The fraction of sp³-hybridized carbons (Fsp3) is 0.462. The van der Waals surface area contributed by atoms with Gasteiger partial charge in [-0.25, -0.2) is 9.18 Å². The second-order valence-corrected chi connectivity index (χ2v) is 4.79. The Balaban J connectivity index is 2.00. The van der Waals surface area contributed by atoms with Gasteiger partial charge in [0, 0.05) is 30.2 Å². The Morgan fingerprint density at radius 3 is 3.11 bits per heavy atom. The number of rotatable bonds is 3. The predicted octanol–water partition coefficient (Wildman–Crippen LogP) is 1.85. The Kier molecular flexibility index (Phi) is 4.74. The third-order valence-electron chi connectivity index (χ3n) is 3.02. The average Bonchev–Trinajstić information content (AvgIpc) is 2.41. The van der Waals surface area contributed by atoms with Crippen LogP contribution in [0.5, 0.6) is 0 Å². The summed E-state index contributed by atoms with van der Waals surface area (Å²) in [6, 6.07) is 4.59. The second kappa shape index (κ2) is 6.32. The van der Waals surface area contributed by atoms with E-state index in [-0.39, 0.29) is 5.82 Å². The molecular weight excluding hydrogens is 273 g/mol. The number of hydrogen-bond acceptors (Lipinski definition) is 4. The summed E-state index contributed by atoms with van der Waals surface area (Å²) in [5, 5.41) is 0.371. The summed E-state index contributed by atoms with van der Waals surface area (Å²) in [5.41, 5.74) is 0.551. The Hall–Kier alpha value is -1.17. The van der Waals surface area contributed by atoms with Gasteiger partial charge < -0.3 is 9.47 Å². The van der Waals surface area contributed by atoms with E-state index in [0.29, 0.717) is 36.8 Å². The number of morpholine rings is 1. The SMILES string of the molecule is COC(=O)[C@H]1CN(Cc2ccc(Cl)cc2F)CCO1. The fourth-order valence-electron chi connectivity index (χ4n) is 2.01. The smallest absolute Gasteiger partial charge is 0.336 e. The van der Waals surface area contributed by atoms with E-state index in [4.69, 9.17) is 16.3 Å². The van der Waals surface area contributed by atoms with Crippen molar-refractivity contribution < 1.29 is 18.7 Å². The van der Waals surface area contributed by atoms with Crippen LogP contribution in [0.15, 0.2) is 18.2 Å². The van der Waals surface area contributed by atoms with Gasteiger partial charge in [0.15, 0.2) is 6.10 Å². The number of carbonyl (C=O) groups is 1. The van der Waals surface area contributed by atoms with Crippen LogP contribution in [0, 0.1) is 5.82 Å². The largest absolute Gasteiger partial charge is 0.467 e. The van der Waals surface area contributed by atoms with Gasteiger partial charge in [0.2, 0.25) is 0 Å². The van der Waals surface area contributed by atoms with Gasteiger partial charge in [-0.2, -0.15) is 0 Å². The van der Waals surface area contributed by atoms with E-state index in [0.717, 1.165) is 0 Å². The first-order valence-corrected chi connectivity index (χ1v) is 6.33. The molecule has 0 aromatic heterocycles. The zero-order valence-electron chi connectivity index (χ0n) is 10.6. The highest BCUT2D eigenvalue weighted by Crippen LogP contribution is 2.17. The fourth-order valence-corrected chi connectivity index (χ4v) is 2.17. The molecule has 1 aromatic carbocycles. The minimum absolute atomic E-state index is 0.339. The predicted molar refractivity (Wildman–Crippen MR) is 68.4 cm³/mol. The number of benzene rings is 1. The normalized spacial score (nSPS) is 20.3. The monoisotopic (exact) mass is 287 g/mol. The first kappa shape index (κ1) is 14.2. The lowest BCUT2D eigenvalue weighted by Crippen LogP contribution is -2.46. The Bertz CT molecular complexity index is 469. The van der Waals surface area contributed by atoms with Gasteiger partial charge in [-0.15, -0.1) is 0 Å². The van der Waals surface area contributed by atoms with E-state index in [9.17, 15) is 9.18 Å². The Morgan fingerprint density at radius 1 is 1.63 bits per heavy atom. The lowest BCUT2D eigenvalue weighted by Gasteiger charge is -2.31. The molecule has 1 atom stereocenters. The number of nitrogens with zero attached hydrogens (tertiary/aromatic N) is 1. The number of hydrogen-bond donors (Lipinski definition) is 0. The van der Waals surface area contributed by atoms with Gasteiger partial charge in [0.1, 0.15) is 5.82 Å². The van der Waals surface area contributed by atoms with Crippen molar-refractivity contribution in [3.63, 3.8) is 0 Å². The molecule has 1 aromatic rings. The van der Waals surface area contributed by atoms with Gasteiger partial charge >= 0.3 is 5.97 Å². The summed E-state index contributed by atoms with van der Waals surface area (Å²) < 4.78 is 23.7. The molecule has 0 amide bonds. The highest BCUT2D eigenvalue weighted by atomic mass is 35.5. The highest BCUT2D eigenvalue weighted by molar-refractivity contribution is 6.30. The maximum atomic E-state index is 13.7. The molecule has 1 heterocycles. The summed E-state index contributed by atoms with van der Waals surface area (Å²) in [6.07, 6.45) is -0.603. The van der Waals surface area contributed by atoms with Crippen LogP contribution < -0.4 is 0 Å². The zero-order valence-corrected chi connectivity index (χ0v) is 11.3. The molecule has 0 bridgehead atoms. The van der Waals surface area contributed by atoms with Crippen molar-refractivity contribution in [2.45, 2.75) is 12.6 Å². The molecule has 0 spiro atoms. The van der Waals surface area contributed by atoms with Gasteiger partial charge in [0.05, 0.1) is 13.7 Å². The van der Waals surface area contributed by atoms with Crippen molar-refractivity contribution in [2.75, 3.05) is 26.8 Å². The minimum atomic E-state index is -0.603. The molecule has 1 fully saturated rings. The van der Waals surface area contributed by atoms with Gasteiger partial charge in [-0.3, -0.25) is 4.90 Å². The van der Waals surface area contributed by atoms with Gasteiger partial charge in [-0.05, 0) is 12.1 Å². The molecule has 0 saturated carbocycles. The topological polar surface area (TPSA) is 38.8 Å². The minimum Gasteiger partial charge on any atom is -0.467 e. The van der Waals surface area contributed by atoms with E-state index in [1.54, 1.807) is 12.1 Å². The maximum Gasteiger partial charge on any atom is 0.336 e. The quantitative estimate of drug-likeness (QED) is 0.796. The molecule has 0 radical (unpaired) electrons. The molecule has 6 heteroatoms. The number of carbonyl (C=O) groups excluding carboxylic acids is 1. The standard InChI is InChI=1S/C13H15ClFNO3/c1-18-13(17)12-8-16(4-5-19-12)7-9-2-3-10(14)6-11(9)15/h2-3,6,12H,4-5,7-8H2,1H3/t12-/m1/s1. The van der Waals surface area contributed by atoms with Crippen molar-refractivity contribution >= 4 is 17.6 Å². The molecule has 1 aliphatic heterocycles. The molecule has 0 unspecified atom stereocenters. The van der Waals surface area contributed by atoms with Crippen LogP contribution >= 0.6 is 11.6 Å². The van der Waals surface area contributed by atoms with Crippen molar-refractivity contribution in [3.05, 3.63) is 34.6 Å². The number of ether oxygens (including phenoxy) is 2. The van der Waals surface area contributed by atoms with Crippen LogP contribution in [0.3, 0.4) is 0 Å². The average molecular weight is 288 g/mol. The third kappa shape index (κ3) is 3.65. The molecule has 2 rings (SSSR count). The summed E-state index contributed by atoms with van der Waals surface area (Å²) >= 11 is 5.71. The van der Waals surface area contributed by atoms with Gasteiger partial charge in [-0.1, -0.05) is 17.7 Å². The molecule has 104 valence electrons. The van der Waals surface area contributed by atoms with E-state index >= 15 is 0 Å². The summed E-state index contributed by atoms with van der Waals surface area (Å²) in [4.78, 5) is 13.4. The maximum absolute atomic E-state index is 13.7. The summed E-state index contributed by atoms with van der Waals surface area (Å²) in [7, 11) is 1.32. The van der Waals surface area contributed by atoms with Crippen LogP contribution in [0.1, 0.15) is 5.56 Å². The molecule has 19 heavy (non-hydrogen) atoms. The highest BCUT2D eigenvalue weighted by Gasteiger charge is 2.27. The van der Waals surface area contributed by atoms with Crippen LogP contribution in [0.4, 0.5) is 4.39 Å². The van der Waals surface area contributed by atoms with Crippen molar-refractivity contribution in [1.29, 1.82) is 0 Å². The molecule has 0 aliphatic carbocycles. The molecule has 1 saturated heterocycles. The van der Waals surface area contributed by atoms with Crippen molar-refractivity contribution in [2.24, 2.45) is 0 Å². The Morgan fingerprint density at radius 2 is 2.42 bits per heavy atom. The molecular formula is C13H15ClFNO3. The lowest BCUT2D eigenvalue weighted by molar-refractivity contribution is -0.160. The number of esters is 1. The number of halogens is 2.